The molecule has 5 nitrogen and oxygen atoms in total. The molecule has 0 aliphatic heterocycles. The molecule has 1 atom stereocenters. The Hall–Kier alpha value is -2.44. The van der Waals surface area contributed by atoms with Gasteiger partial charge in [-0.2, -0.15) is 0 Å². The highest BCUT2D eigenvalue weighted by atomic mass is 32.1. The number of carbonyl (C=O) groups excluding carboxylic acids is 1. The van der Waals surface area contributed by atoms with Gasteiger partial charge in [-0.3, -0.25) is 4.79 Å². The molecular formula is C24H32N2O3S. The van der Waals surface area contributed by atoms with E-state index in [1.165, 1.54) is 5.56 Å². The molecule has 0 aliphatic rings. The van der Waals surface area contributed by atoms with E-state index in [1.54, 1.807) is 0 Å². The second-order valence-electron chi connectivity index (χ2n) is 7.58. The quantitative estimate of drug-likeness (QED) is 0.416. The molecule has 2 aromatic carbocycles. The van der Waals surface area contributed by atoms with Crippen LogP contribution in [-0.2, 0) is 16.0 Å². The average molecular weight is 429 g/mol. The first kappa shape index (κ1) is 23.8. The molecule has 0 aromatic heterocycles. The maximum absolute atomic E-state index is 12.6. The normalized spacial score (nSPS) is 11.8. The summed E-state index contributed by atoms with van der Waals surface area (Å²) in [5, 5.41) is 6.07. The number of hydrogen-bond donors (Lipinski definition) is 2. The number of rotatable bonds is 10. The van der Waals surface area contributed by atoms with Gasteiger partial charge in [-0.25, -0.2) is 0 Å². The van der Waals surface area contributed by atoms with Gasteiger partial charge in [0.1, 0.15) is 12.4 Å². The van der Waals surface area contributed by atoms with Crippen LogP contribution in [0.3, 0.4) is 0 Å². The summed E-state index contributed by atoms with van der Waals surface area (Å²) in [7, 11) is 0. The maximum Gasteiger partial charge on any atom is 0.233 e. The van der Waals surface area contributed by atoms with Gasteiger partial charge in [-0.15, -0.1) is 0 Å². The number of amides is 1. The van der Waals surface area contributed by atoms with Crippen LogP contribution >= 0.6 is 12.2 Å². The van der Waals surface area contributed by atoms with Crippen LogP contribution in [0.25, 0.3) is 0 Å². The summed E-state index contributed by atoms with van der Waals surface area (Å²) in [6.45, 7) is 9.90. The van der Waals surface area contributed by atoms with E-state index < -0.39 is 0 Å². The standard InChI is InChI=1S/C24H32N2O3S/c1-5-28-13-14-29-22-8-6-7-21(16-22)25-24(30)26-23(27)18(4)20-11-9-19(10-12-20)15-17(2)3/h6-12,16-18H,5,13-15H2,1-4H3,(H2,25,26,27,30). The number of carbonyl (C=O) groups is 1. The summed E-state index contributed by atoms with van der Waals surface area (Å²) in [4.78, 5) is 12.6. The van der Waals surface area contributed by atoms with E-state index in [4.69, 9.17) is 21.7 Å². The minimum absolute atomic E-state index is 0.145. The van der Waals surface area contributed by atoms with Crippen molar-refractivity contribution in [2.45, 2.75) is 40.0 Å². The van der Waals surface area contributed by atoms with Crippen LogP contribution in [0.5, 0.6) is 5.75 Å². The minimum atomic E-state index is -0.300. The van der Waals surface area contributed by atoms with Crippen molar-refractivity contribution in [3.8, 4) is 5.75 Å². The Labute approximate surface area is 185 Å². The van der Waals surface area contributed by atoms with Gasteiger partial charge in [0, 0.05) is 18.4 Å². The van der Waals surface area contributed by atoms with Crippen molar-refractivity contribution in [1.82, 2.24) is 5.32 Å². The molecule has 2 N–H and O–H groups in total. The van der Waals surface area contributed by atoms with E-state index >= 15 is 0 Å². The lowest BCUT2D eigenvalue weighted by Crippen LogP contribution is -2.36. The first-order valence-electron chi connectivity index (χ1n) is 10.4. The van der Waals surface area contributed by atoms with Gasteiger partial charge in [-0.1, -0.05) is 44.2 Å². The summed E-state index contributed by atoms with van der Waals surface area (Å²) < 4.78 is 10.9. The molecule has 0 fully saturated rings. The molecule has 2 aromatic rings. The molecule has 6 heteroatoms. The van der Waals surface area contributed by atoms with Crippen molar-refractivity contribution in [2.24, 2.45) is 5.92 Å². The van der Waals surface area contributed by atoms with Gasteiger partial charge in [0.25, 0.3) is 0 Å². The molecular weight excluding hydrogens is 396 g/mol. The Balaban J connectivity index is 1.87. The third-order valence-electron chi connectivity index (χ3n) is 4.55. The van der Waals surface area contributed by atoms with Crippen molar-refractivity contribution < 1.29 is 14.3 Å². The Morgan fingerprint density at radius 3 is 2.47 bits per heavy atom. The lowest BCUT2D eigenvalue weighted by Gasteiger charge is -2.15. The predicted octanol–water partition coefficient (Wildman–Crippen LogP) is 4.92. The molecule has 0 bridgehead atoms. The van der Waals surface area contributed by atoms with E-state index in [2.05, 4.69) is 36.6 Å². The lowest BCUT2D eigenvalue weighted by atomic mass is 9.96. The molecule has 0 saturated carbocycles. The van der Waals surface area contributed by atoms with Gasteiger partial charge < -0.3 is 20.1 Å². The van der Waals surface area contributed by atoms with Crippen LogP contribution in [0.4, 0.5) is 5.69 Å². The molecule has 0 radical (unpaired) electrons. The fraction of sp³-hybridized carbons (Fsp3) is 0.417. The fourth-order valence-electron chi connectivity index (χ4n) is 2.97. The third kappa shape index (κ3) is 8.13. The molecule has 0 heterocycles. The molecule has 1 unspecified atom stereocenters. The van der Waals surface area contributed by atoms with Crippen LogP contribution in [-0.4, -0.2) is 30.8 Å². The van der Waals surface area contributed by atoms with E-state index in [1.807, 2.05) is 50.2 Å². The number of thiocarbonyl (C=S) groups is 1. The molecule has 0 spiro atoms. The Morgan fingerprint density at radius 1 is 1.07 bits per heavy atom. The Morgan fingerprint density at radius 2 is 1.80 bits per heavy atom. The largest absolute Gasteiger partial charge is 0.491 e. The second kappa shape index (κ2) is 12.3. The number of benzene rings is 2. The number of ether oxygens (including phenoxy) is 2. The zero-order valence-electron chi connectivity index (χ0n) is 18.2. The van der Waals surface area contributed by atoms with Crippen LogP contribution in [0.15, 0.2) is 48.5 Å². The third-order valence-corrected chi connectivity index (χ3v) is 4.75. The van der Waals surface area contributed by atoms with E-state index in [0.717, 1.165) is 17.7 Å². The fourth-order valence-corrected chi connectivity index (χ4v) is 3.19. The minimum Gasteiger partial charge on any atom is -0.491 e. The summed E-state index contributed by atoms with van der Waals surface area (Å²) in [5.41, 5.74) is 2.99. The van der Waals surface area contributed by atoms with Gasteiger partial charge in [-0.05, 0) is 61.7 Å². The first-order chi connectivity index (χ1) is 14.4. The monoisotopic (exact) mass is 428 g/mol. The SMILES string of the molecule is CCOCCOc1cccc(NC(=S)NC(=O)C(C)c2ccc(CC(C)C)cc2)c1. The predicted molar refractivity (Wildman–Crippen MR) is 126 cm³/mol. The van der Waals surface area contributed by atoms with E-state index in [-0.39, 0.29) is 16.9 Å². The molecule has 0 saturated heterocycles. The van der Waals surface area contributed by atoms with Crippen molar-refractivity contribution in [3.05, 3.63) is 59.7 Å². The maximum atomic E-state index is 12.6. The van der Waals surface area contributed by atoms with Crippen molar-refractivity contribution in [2.75, 3.05) is 25.1 Å². The second-order valence-corrected chi connectivity index (χ2v) is 7.99. The lowest BCUT2D eigenvalue weighted by molar-refractivity contribution is -0.120. The van der Waals surface area contributed by atoms with Gasteiger partial charge in [0.05, 0.1) is 12.5 Å². The summed E-state index contributed by atoms with van der Waals surface area (Å²) in [6.07, 6.45) is 1.03. The summed E-state index contributed by atoms with van der Waals surface area (Å²) in [5.74, 6) is 0.872. The van der Waals surface area contributed by atoms with Crippen LogP contribution in [0.2, 0.25) is 0 Å². The first-order valence-corrected chi connectivity index (χ1v) is 10.8. The van der Waals surface area contributed by atoms with Crippen LogP contribution in [0.1, 0.15) is 44.7 Å². The highest BCUT2D eigenvalue weighted by molar-refractivity contribution is 7.80. The van der Waals surface area contributed by atoms with Crippen molar-refractivity contribution >= 4 is 28.9 Å². The van der Waals surface area contributed by atoms with Crippen LogP contribution < -0.4 is 15.4 Å². The van der Waals surface area contributed by atoms with Gasteiger partial charge >= 0.3 is 0 Å². The summed E-state index contributed by atoms with van der Waals surface area (Å²) >= 11 is 5.31. The average Bonchev–Trinajstić information content (AvgIpc) is 2.71. The summed E-state index contributed by atoms with van der Waals surface area (Å²) in [6, 6.07) is 15.6. The van der Waals surface area contributed by atoms with Gasteiger partial charge in [0.2, 0.25) is 5.91 Å². The topological polar surface area (TPSA) is 59.6 Å². The number of hydrogen-bond acceptors (Lipinski definition) is 4. The number of anilines is 1. The molecule has 162 valence electrons. The number of nitrogens with one attached hydrogen (secondary N) is 2. The van der Waals surface area contributed by atoms with Crippen molar-refractivity contribution in [1.29, 1.82) is 0 Å². The molecule has 0 aliphatic carbocycles. The van der Waals surface area contributed by atoms with E-state index in [9.17, 15) is 4.79 Å². The van der Waals surface area contributed by atoms with Gasteiger partial charge in [0.15, 0.2) is 5.11 Å². The Bertz CT molecular complexity index is 821. The van der Waals surface area contributed by atoms with Crippen molar-refractivity contribution in [3.63, 3.8) is 0 Å². The zero-order chi connectivity index (χ0) is 21.9. The highest BCUT2D eigenvalue weighted by Gasteiger charge is 2.16. The molecule has 30 heavy (non-hydrogen) atoms. The van der Waals surface area contributed by atoms with Crippen LogP contribution in [0, 0.1) is 5.92 Å². The smallest absolute Gasteiger partial charge is 0.233 e. The van der Waals surface area contributed by atoms with E-state index in [0.29, 0.717) is 31.5 Å². The zero-order valence-corrected chi connectivity index (χ0v) is 19.1. The molecule has 2 rings (SSSR count). The molecule has 1 amide bonds. The Kier molecular flexibility index (Phi) is 9.77. The highest BCUT2D eigenvalue weighted by Crippen LogP contribution is 2.19.